The second-order valence-electron chi connectivity index (χ2n) is 9.28. The summed E-state index contributed by atoms with van der Waals surface area (Å²) in [6, 6.07) is 0. The van der Waals surface area contributed by atoms with Crippen molar-refractivity contribution in [3.05, 3.63) is 12.2 Å². The molecular weight excluding hydrogens is 415 g/mol. The Morgan fingerprint density at radius 3 is 1.88 bits per heavy atom. The van der Waals surface area contributed by atoms with Crippen molar-refractivity contribution in [2.24, 2.45) is 17.3 Å². The Morgan fingerprint density at radius 2 is 1.48 bits per heavy atom. The fourth-order valence-corrected chi connectivity index (χ4v) is 17.2. The molecule has 3 rings (SSSR count). The average molecular weight is 457 g/mol. The molecule has 0 saturated heterocycles. The van der Waals surface area contributed by atoms with Gasteiger partial charge in [-0.15, -0.1) is 0 Å². The van der Waals surface area contributed by atoms with Gasteiger partial charge in [-0.05, 0) is 0 Å². The van der Waals surface area contributed by atoms with E-state index in [0.29, 0.717) is 11.3 Å². The van der Waals surface area contributed by atoms with Crippen molar-refractivity contribution in [3.63, 3.8) is 0 Å². The van der Waals surface area contributed by atoms with Crippen LogP contribution in [0.5, 0.6) is 0 Å². The van der Waals surface area contributed by atoms with Crippen LogP contribution in [0.4, 0.5) is 0 Å². The van der Waals surface area contributed by atoms with Gasteiger partial charge in [0.2, 0.25) is 0 Å². The van der Waals surface area contributed by atoms with Crippen molar-refractivity contribution < 1.29 is 8.11 Å². The third kappa shape index (κ3) is 5.04. The summed E-state index contributed by atoms with van der Waals surface area (Å²) in [7, 11) is 0. The molecule has 0 N–H and O–H groups in total. The molecule has 2 bridgehead atoms. The summed E-state index contributed by atoms with van der Waals surface area (Å²) in [5.74, 6) is 1.44. The SMILES string of the molecule is C=C1C(O[O][Sn]([CH2]CCC)([CH2]CCC)[CH2]CCC)CC2CC1C2(C)C. The summed E-state index contributed by atoms with van der Waals surface area (Å²) in [4.78, 5) is 6.24. The molecule has 3 saturated carbocycles. The average Bonchev–Trinajstić information content (AvgIpc) is 2.60. The molecule has 0 aromatic heterocycles. The minimum absolute atomic E-state index is 0.165. The van der Waals surface area contributed by atoms with Crippen molar-refractivity contribution in [3.8, 4) is 0 Å². The monoisotopic (exact) mass is 458 g/mol. The molecule has 0 aromatic rings. The van der Waals surface area contributed by atoms with Crippen LogP contribution in [-0.4, -0.2) is 24.9 Å². The third-order valence-corrected chi connectivity index (χ3v) is 19.2. The fourth-order valence-electron chi connectivity index (χ4n) is 4.94. The van der Waals surface area contributed by atoms with E-state index in [2.05, 4.69) is 41.2 Å². The molecule has 146 valence electrons. The zero-order chi connectivity index (χ0) is 18.5. The van der Waals surface area contributed by atoms with E-state index in [9.17, 15) is 0 Å². The quantitative estimate of drug-likeness (QED) is 0.133. The summed E-state index contributed by atoms with van der Waals surface area (Å²) in [6.45, 7) is 16.1. The van der Waals surface area contributed by atoms with Crippen molar-refractivity contribution in [1.29, 1.82) is 0 Å². The fraction of sp³-hybridized carbons (Fsp3) is 0.909. The molecule has 0 radical (unpaired) electrons. The summed E-state index contributed by atoms with van der Waals surface area (Å²) >= 11 is -2.65. The van der Waals surface area contributed by atoms with Crippen LogP contribution >= 0.6 is 0 Å². The zero-order valence-electron chi connectivity index (χ0n) is 17.5. The van der Waals surface area contributed by atoms with Gasteiger partial charge in [0.25, 0.3) is 0 Å². The maximum absolute atomic E-state index is 6.53. The predicted octanol–water partition coefficient (Wildman–Crippen LogP) is 7.27. The van der Waals surface area contributed by atoms with Gasteiger partial charge in [0.1, 0.15) is 0 Å². The molecule has 3 heteroatoms. The summed E-state index contributed by atoms with van der Waals surface area (Å²) in [6.07, 6.45) is 10.4. The van der Waals surface area contributed by atoms with Crippen molar-refractivity contribution >= 4 is 18.8 Å². The van der Waals surface area contributed by atoms with Crippen molar-refractivity contribution in [1.82, 2.24) is 0 Å². The van der Waals surface area contributed by atoms with Crippen molar-refractivity contribution in [2.45, 2.75) is 105 Å². The number of hydrogen-bond donors (Lipinski definition) is 0. The first-order valence-corrected chi connectivity index (χ1v) is 18.1. The molecule has 0 amide bonds. The second kappa shape index (κ2) is 9.59. The van der Waals surface area contributed by atoms with Gasteiger partial charge in [-0.1, -0.05) is 0 Å². The molecule has 3 fully saturated rings. The van der Waals surface area contributed by atoms with Gasteiger partial charge in [-0.25, -0.2) is 0 Å². The molecule has 3 aliphatic carbocycles. The van der Waals surface area contributed by atoms with E-state index in [-0.39, 0.29) is 6.10 Å². The van der Waals surface area contributed by atoms with Crippen LogP contribution in [-0.2, 0) is 8.11 Å². The molecule has 2 nitrogen and oxygen atoms in total. The van der Waals surface area contributed by atoms with E-state index in [1.54, 1.807) is 0 Å². The molecular formula is C22H42O2Sn. The van der Waals surface area contributed by atoms with Crippen LogP contribution in [0.2, 0.25) is 13.3 Å². The van der Waals surface area contributed by atoms with Crippen LogP contribution in [0.15, 0.2) is 12.2 Å². The second-order valence-corrected chi connectivity index (χ2v) is 20.8. The molecule has 25 heavy (non-hydrogen) atoms. The van der Waals surface area contributed by atoms with E-state index in [0.717, 1.165) is 12.3 Å². The molecule has 3 atom stereocenters. The van der Waals surface area contributed by atoms with Gasteiger partial charge >= 0.3 is 162 Å². The molecule has 3 aliphatic rings. The summed E-state index contributed by atoms with van der Waals surface area (Å²) < 4.78 is 10.5. The molecule has 0 heterocycles. The van der Waals surface area contributed by atoms with Gasteiger partial charge in [-0.3, -0.25) is 0 Å². The van der Waals surface area contributed by atoms with E-state index in [4.69, 9.17) is 8.11 Å². The third-order valence-electron chi connectivity index (χ3n) is 7.13. The Labute approximate surface area is 161 Å². The first-order valence-electron chi connectivity index (χ1n) is 10.9. The van der Waals surface area contributed by atoms with E-state index in [1.165, 1.54) is 63.8 Å². The summed E-state index contributed by atoms with van der Waals surface area (Å²) in [5, 5.41) is 0. The van der Waals surface area contributed by atoms with Crippen LogP contribution < -0.4 is 0 Å². The first kappa shape index (κ1) is 21.8. The molecule has 3 unspecified atom stereocenters. The van der Waals surface area contributed by atoms with Crippen LogP contribution in [0.1, 0.15) is 86.0 Å². The van der Waals surface area contributed by atoms with Crippen LogP contribution in [0, 0.1) is 17.3 Å². The number of hydrogen-bond acceptors (Lipinski definition) is 2. The predicted molar refractivity (Wildman–Crippen MR) is 110 cm³/mol. The van der Waals surface area contributed by atoms with Gasteiger partial charge in [0.15, 0.2) is 0 Å². The van der Waals surface area contributed by atoms with Gasteiger partial charge in [-0.2, -0.15) is 0 Å². The summed E-state index contributed by atoms with van der Waals surface area (Å²) in [5.41, 5.74) is 1.75. The van der Waals surface area contributed by atoms with E-state index < -0.39 is 18.8 Å². The molecule has 0 spiro atoms. The van der Waals surface area contributed by atoms with Gasteiger partial charge in [0.05, 0.1) is 0 Å². The molecule has 0 aliphatic heterocycles. The van der Waals surface area contributed by atoms with Gasteiger partial charge in [0, 0.05) is 0 Å². The Morgan fingerprint density at radius 1 is 0.960 bits per heavy atom. The number of fused-ring (bicyclic) bond motifs is 2. The van der Waals surface area contributed by atoms with Crippen LogP contribution in [0.25, 0.3) is 0 Å². The zero-order valence-corrected chi connectivity index (χ0v) is 20.4. The van der Waals surface area contributed by atoms with Gasteiger partial charge < -0.3 is 0 Å². The maximum atomic E-state index is 6.53. The minimum atomic E-state index is -2.65. The standard InChI is InChI=1S/C10H16O2.3C4H9.Sn/c1-6-8-4-7(10(8,2)3)5-9(6)12-11;3*1-3-4-2;/h7-9,11H,1,4-5H2,2-3H3;3*1,3-4H2,2H3;/q;;;;+1/p-1. The normalized spacial score (nSPS) is 28.0. The topological polar surface area (TPSA) is 18.5 Å². The molecule has 0 aromatic carbocycles. The Balaban J connectivity index is 1.99. The van der Waals surface area contributed by atoms with E-state index in [1.807, 2.05) is 0 Å². The van der Waals surface area contributed by atoms with Crippen LogP contribution in [0.3, 0.4) is 0 Å². The first-order chi connectivity index (χ1) is 11.9. The Bertz CT molecular complexity index is 410. The van der Waals surface area contributed by atoms with E-state index >= 15 is 0 Å². The number of unbranched alkanes of at least 4 members (excludes halogenated alkanes) is 3. The Kier molecular flexibility index (Phi) is 8.35. The van der Waals surface area contributed by atoms with Crippen molar-refractivity contribution in [2.75, 3.05) is 0 Å². The Hall–Kier alpha value is 0.459. The number of rotatable bonds is 12.